The topological polar surface area (TPSA) is 44.9 Å². The Morgan fingerprint density at radius 1 is 1.62 bits per heavy atom. The lowest BCUT2D eigenvalue weighted by Gasteiger charge is -2.16. The van der Waals surface area contributed by atoms with Crippen molar-refractivity contribution in [2.45, 2.75) is 13.0 Å². The van der Waals surface area contributed by atoms with Crippen molar-refractivity contribution in [1.82, 2.24) is 14.7 Å². The second-order valence-electron chi connectivity index (χ2n) is 3.30. The Balaban J connectivity index is 3.07. The maximum absolute atomic E-state index is 8.95. The molecular formula is C9H14N4. The highest BCUT2D eigenvalue weighted by Crippen LogP contribution is 2.19. The highest BCUT2D eigenvalue weighted by Gasteiger charge is 2.17. The van der Waals surface area contributed by atoms with E-state index in [1.807, 2.05) is 33.0 Å². The highest BCUT2D eigenvalue weighted by molar-refractivity contribution is 5.25. The summed E-state index contributed by atoms with van der Waals surface area (Å²) in [5.74, 6) is 0. The molecule has 0 radical (unpaired) electrons. The van der Waals surface area contributed by atoms with E-state index in [-0.39, 0.29) is 6.04 Å². The summed E-state index contributed by atoms with van der Waals surface area (Å²) in [5.41, 5.74) is 2.02. The van der Waals surface area contributed by atoms with Gasteiger partial charge in [-0.3, -0.25) is 9.58 Å². The Morgan fingerprint density at radius 3 is 2.54 bits per heavy atom. The molecule has 1 unspecified atom stereocenters. The van der Waals surface area contributed by atoms with E-state index in [4.69, 9.17) is 5.26 Å². The first-order chi connectivity index (χ1) is 6.07. The average Bonchev–Trinajstić information content (AvgIpc) is 2.37. The molecule has 4 nitrogen and oxygen atoms in total. The number of rotatable bonds is 2. The molecule has 0 aliphatic rings. The van der Waals surface area contributed by atoms with Gasteiger partial charge in [-0.1, -0.05) is 0 Å². The van der Waals surface area contributed by atoms with Crippen LogP contribution >= 0.6 is 0 Å². The molecule has 4 heteroatoms. The van der Waals surface area contributed by atoms with Crippen LogP contribution in [0.25, 0.3) is 0 Å². The van der Waals surface area contributed by atoms with E-state index in [0.29, 0.717) is 0 Å². The van der Waals surface area contributed by atoms with Gasteiger partial charge in [0.25, 0.3) is 0 Å². The first-order valence-corrected chi connectivity index (χ1v) is 4.12. The van der Waals surface area contributed by atoms with E-state index < -0.39 is 0 Å². The van der Waals surface area contributed by atoms with Crippen molar-refractivity contribution in [3.63, 3.8) is 0 Å². The van der Waals surface area contributed by atoms with Gasteiger partial charge in [-0.05, 0) is 21.0 Å². The standard InChI is InChI=1S/C9H14N4/c1-7-8(6-11-13(7)4)9(5-10)12(2)3/h6,9H,1-4H3. The highest BCUT2D eigenvalue weighted by atomic mass is 15.3. The second kappa shape index (κ2) is 3.58. The van der Waals surface area contributed by atoms with E-state index in [2.05, 4.69) is 11.2 Å². The van der Waals surface area contributed by atoms with Crippen molar-refractivity contribution in [3.05, 3.63) is 17.5 Å². The van der Waals surface area contributed by atoms with Crippen molar-refractivity contribution >= 4 is 0 Å². The Hall–Kier alpha value is -1.34. The molecule has 70 valence electrons. The van der Waals surface area contributed by atoms with Gasteiger partial charge in [-0.25, -0.2) is 0 Å². The minimum atomic E-state index is -0.200. The molecule has 1 heterocycles. The maximum atomic E-state index is 8.95. The average molecular weight is 178 g/mol. The summed E-state index contributed by atoms with van der Waals surface area (Å²) in [6.45, 7) is 1.97. The summed E-state index contributed by atoms with van der Waals surface area (Å²) in [6.07, 6.45) is 1.75. The molecule has 0 N–H and O–H groups in total. The van der Waals surface area contributed by atoms with Gasteiger partial charge in [0.2, 0.25) is 0 Å². The van der Waals surface area contributed by atoms with E-state index in [0.717, 1.165) is 11.3 Å². The monoisotopic (exact) mass is 178 g/mol. The molecule has 1 atom stereocenters. The Labute approximate surface area is 78.4 Å². The molecule has 0 spiro atoms. The molecule has 13 heavy (non-hydrogen) atoms. The molecule has 0 amide bonds. The molecule has 0 fully saturated rings. The van der Waals surface area contributed by atoms with Crippen LogP contribution in [-0.4, -0.2) is 28.8 Å². The van der Waals surface area contributed by atoms with Crippen molar-refractivity contribution in [2.75, 3.05) is 14.1 Å². The van der Waals surface area contributed by atoms with Gasteiger partial charge in [0, 0.05) is 18.3 Å². The second-order valence-corrected chi connectivity index (χ2v) is 3.30. The third kappa shape index (κ3) is 1.70. The minimum Gasteiger partial charge on any atom is -0.290 e. The van der Waals surface area contributed by atoms with Crippen LogP contribution in [0.5, 0.6) is 0 Å². The first-order valence-electron chi connectivity index (χ1n) is 4.12. The molecule has 1 aromatic heterocycles. The van der Waals surface area contributed by atoms with E-state index >= 15 is 0 Å². The third-order valence-corrected chi connectivity index (χ3v) is 2.21. The summed E-state index contributed by atoms with van der Waals surface area (Å²) < 4.78 is 1.78. The minimum absolute atomic E-state index is 0.200. The molecule has 1 aromatic rings. The summed E-state index contributed by atoms with van der Waals surface area (Å²) >= 11 is 0. The fourth-order valence-electron chi connectivity index (χ4n) is 1.25. The SMILES string of the molecule is Cc1c(C(C#N)N(C)C)cnn1C. The predicted octanol–water partition coefficient (Wildman–Crippen LogP) is 0.855. The molecule has 0 aliphatic heterocycles. The first kappa shape index (κ1) is 9.75. The largest absolute Gasteiger partial charge is 0.290 e. The van der Waals surface area contributed by atoms with Crippen molar-refractivity contribution in [2.24, 2.45) is 7.05 Å². The van der Waals surface area contributed by atoms with Crippen molar-refractivity contribution < 1.29 is 0 Å². The number of aromatic nitrogens is 2. The van der Waals surface area contributed by atoms with Crippen LogP contribution in [0.3, 0.4) is 0 Å². The lowest BCUT2D eigenvalue weighted by atomic mass is 10.1. The summed E-state index contributed by atoms with van der Waals surface area (Å²) in [5, 5.41) is 13.1. The van der Waals surface area contributed by atoms with Crippen LogP contribution < -0.4 is 0 Å². The lowest BCUT2D eigenvalue weighted by molar-refractivity contribution is 0.357. The van der Waals surface area contributed by atoms with Crippen LogP contribution in [0.2, 0.25) is 0 Å². The Kier molecular flexibility index (Phi) is 2.69. The van der Waals surface area contributed by atoms with Gasteiger partial charge in [0.15, 0.2) is 0 Å². The Bertz CT molecular complexity index is 332. The zero-order chi connectivity index (χ0) is 10.0. The zero-order valence-electron chi connectivity index (χ0n) is 8.44. The quantitative estimate of drug-likeness (QED) is 0.674. The van der Waals surface area contributed by atoms with Crippen molar-refractivity contribution in [1.29, 1.82) is 5.26 Å². The number of nitriles is 1. The number of aryl methyl sites for hydroxylation is 1. The van der Waals surface area contributed by atoms with Gasteiger partial charge in [0.05, 0.1) is 12.3 Å². The van der Waals surface area contributed by atoms with Crippen LogP contribution in [0, 0.1) is 18.3 Å². The number of hydrogen-bond donors (Lipinski definition) is 0. The Morgan fingerprint density at radius 2 is 2.23 bits per heavy atom. The smallest absolute Gasteiger partial charge is 0.126 e. The van der Waals surface area contributed by atoms with Gasteiger partial charge < -0.3 is 0 Å². The van der Waals surface area contributed by atoms with Gasteiger partial charge >= 0.3 is 0 Å². The van der Waals surface area contributed by atoms with Crippen LogP contribution in [0.4, 0.5) is 0 Å². The fourth-order valence-corrected chi connectivity index (χ4v) is 1.25. The lowest BCUT2D eigenvalue weighted by Crippen LogP contribution is -2.18. The maximum Gasteiger partial charge on any atom is 0.126 e. The van der Waals surface area contributed by atoms with Gasteiger partial charge in [-0.2, -0.15) is 10.4 Å². The van der Waals surface area contributed by atoms with Crippen LogP contribution in [0.1, 0.15) is 17.3 Å². The molecule has 1 rings (SSSR count). The molecule has 0 aliphatic carbocycles. The fraction of sp³-hybridized carbons (Fsp3) is 0.556. The molecule has 0 saturated heterocycles. The summed E-state index contributed by atoms with van der Waals surface area (Å²) in [6, 6.07) is 2.04. The molecule has 0 bridgehead atoms. The summed E-state index contributed by atoms with van der Waals surface area (Å²) in [7, 11) is 5.66. The van der Waals surface area contributed by atoms with Crippen LogP contribution in [-0.2, 0) is 7.05 Å². The van der Waals surface area contributed by atoms with Crippen molar-refractivity contribution in [3.8, 4) is 6.07 Å². The number of hydrogen-bond acceptors (Lipinski definition) is 3. The summed E-state index contributed by atoms with van der Waals surface area (Å²) in [4.78, 5) is 1.88. The van der Waals surface area contributed by atoms with Gasteiger partial charge in [-0.15, -0.1) is 0 Å². The molecule has 0 saturated carbocycles. The van der Waals surface area contributed by atoms with E-state index in [1.54, 1.807) is 10.9 Å². The normalized spacial score (nSPS) is 12.9. The number of nitrogens with zero attached hydrogens (tertiary/aromatic N) is 4. The zero-order valence-corrected chi connectivity index (χ0v) is 8.44. The predicted molar refractivity (Wildman–Crippen MR) is 50.0 cm³/mol. The van der Waals surface area contributed by atoms with Crippen LogP contribution in [0.15, 0.2) is 6.20 Å². The molecular weight excluding hydrogens is 164 g/mol. The third-order valence-electron chi connectivity index (χ3n) is 2.21. The van der Waals surface area contributed by atoms with E-state index in [9.17, 15) is 0 Å². The molecule has 0 aromatic carbocycles. The van der Waals surface area contributed by atoms with E-state index in [1.165, 1.54) is 0 Å². The van der Waals surface area contributed by atoms with Gasteiger partial charge in [0.1, 0.15) is 6.04 Å².